The summed E-state index contributed by atoms with van der Waals surface area (Å²) in [5, 5.41) is 0. The summed E-state index contributed by atoms with van der Waals surface area (Å²) in [5.41, 5.74) is 3.93. The Labute approximate surface area is 120 Å². The molecule has 2 rings (SSSR count). The van der Waals surface area contributed by atoms with Crippen LogP contribution in [0.1, 0.15) is 5.56 Å². The minimum atomic E-state index is 0.778. The van der Waals surface area contributed by atoms with Gasteiger partial charge in [-0.3, -0.25) is 0 Å². The lowest BCUT2D eigenvalue weighted by Gasteiger charge is -2.11. The predicted octanol–water partition coefficient (Wildman–Crippen LogP) is 4.14. The lowest BCUT2D eigenvalue weighted by molar-refractivity contribution is 0.306. The fourth-order valence-corrected chi connectivity index (χ4v) is 2.09. The number of allylic oxidation sites excluding steroid dienone is 6. The third-order valence-electron chi connectivity index (χ3n) is 3.11. The van der Waals surface area contributed by atoms with Crippen LogP contribution in [0.4, 0.5) is 0 Å². The summed E-state index contributed by atoms with van der Waals surface area (Å²) in [6.45, 7) is 7.97. The number of rotatable bonds is 4. The third-order valence-corrected chi connectivity index (χ3v) is 3.11. The molecule has 0 heterocycles. The van der Waals surface area contributed by atoms with E-state index in [4.69, 9.17) is 9.47 Å². The van der Waals surface area contributed by atoms with Crippen LogP contribution in [-0.2, 0) is 4.74 Å². The Kier molecular flexibility index (Phi) is 4.26. The van der Waals surface area contributed by atoms with Gasteiger partial charge in [0.05, 0.1) is 26.4 Å². The summed E-state index contributed by atoms with van der Waals surface area (Å²) in [5.74, 6) is 1.66. The maximum Gasteiger partial charge on any atom is 0.198 e. The van der Waals surface area contributed by atoms with Gasteiger partial charge in [-0.15, -0.1) is 0 Å². The molecule has 0 unspecified atom stereocenters. The smallest absolute Gasteiger partial charge is 0.198 e. The summed E-state index contributed by atoms with van der Waals surface area (Å²) < 4.78 is 10.4. The van der Waals surface area contributed by atoms with Crippen molar-refractivity contribution in [2.24, 2.45) is 0 Å². The topological polar surface area (TPSA) is 18.5 Å². The van der Waals surface area contributed by atoms with E-state index >= 15 is 0 Å². The van der Waals surface area contributed by atoms with Crippen LogP contribution in [0.2, 0.25) is 0 Å². The van der Waals surface area contributed by atoms with Crippen molar-refractivity contribution in [3.05, 3.63) is 84.9 Å². The molecule has 1 aromatic carbocycles. The number of hydrogen-bond donors (Lipinski definition) is 0. The predicted molar refractivity (Wildman–Crippen MR) is 82.9 cm³/mol. The van der Waals surface area contributed by atoms with Gasteiger partial charge in [0.1, 0.15) is 11.3 Å². The van der Waals surface area contributed by atoms with Crippen LogP contribution in [0.15, 0.2) is 66.0 Å². The first-order chi connectivity index (χ1) is 9.65. The molecule has 1 aromatic rings. The second-order valence-corrected chi connectivity index (χ2v) is 4.44. The summed E-state index contributed by atoms with van der Waals surface area (Å²) >= 11 is 0. The fraction of sp³-hybridized carbons (Fsp3) is 0.111. The molecule has 1 aliphatic carbocycles. The zero-order chi connectivity index (χ0) is 14.5. The summed E-state index contributed by atoms with van der Waals surface area (Å²) in [6, 6.07) is 7.88. The summed E-state index contributed by atoms with van der Waals surface area (Å²) in [7, 11) is 3.31. The highest BCUT2D eigenvalue weighted by Crippen LogP contribution is 2.31. The van der Waals surface area contributed by atoms with Crippen molar-refractivity contribution in [2.45, 2.75) is 0 Å². The van der Waals surface area contributed by atoms with E-state index in [1.807, 2.05) is 48.9 Å². The molecule has 0 saturated heterocycles. The highest BCUT2D eigenvalue weighted by Gasteiger charge is 2.17. The number of methoxy groups -OCH3 is 2. The molecule has 0 saturated carbocycles. The molecule has 0 aliphatic heterocycles. The minimum absolute atomic E-state index is 0.778. The molecule has 2 heteroatoms. The standard InChI is InChI=1S/C18H18O2/c1-13(2)18(14-5-9-16(19-3)10-6-14)15-7-11-17(20-4)12-8-15/h5-12H,1-2H2,3-4H3. The minimum Gasteiger partial charge on any atom is -0.497 e. The Morgan fingerprint density at radius 2 is 1.80 bits per heavy atom. The Morgan fingerprint density at radius 1 is 1.10 bits per heavy atom. The molecule has 1 aliphatic rings. The van der Waals surface area contributed by atoms with Crippen molar-refractivity contribution < 1.29 is 9.47 Å². The molecular weight excluding hydrogens is 248 g/mol. The maximum atomic E-state index is 5.18. The van der Waals surface area contributed by atoms with Gasteiger partial charge in [0.25, 0.3) is 0 Å². The Hall–Kier alpha value is -2.48. The van der Waals surface area contributed by atoms with Crippen LogP contribution in [-0.4, -0.2) is 14.2 Å². The first-order valence-electron chi connectivity index (χ1n) is 6.32. The van der Waals surface area contributed by atoms with Gasteiger partial charge in [-0.25, -0.2) is 0 Å². The van der Waals surface area contributed by atoms with E-state index in [0.29, 0.717) is 0 Å². The fourth-order valence-electron chi connectivity index (χ4n) is 2.09. The molecule has 0 spiro atoms. The highest BCUT2D eigenvalue weighted by molar-refractivity contribution is 5.85. The monoisotopic (exact) mass is 266 g/mol. The number of hydrogen-bond acceptors (Lipinski definition) is 2. The second kappa shape index (κ2) is 6.11. The van der Waals surface area contributed by atoms with E-state index in [0.717, 1.165) is 33.8 Å². The van der Waals surface area contributed by atoms with Gasteiger partial charge in [-0.2, -0.15) is 13.5 Å². The van der Waals surface area contributed by atoms with Crippen molar-refractivity contribution in [3.63, 3.8) is 0 Å². The molecule has 0 radical (unpaired) electrons. The van der Waals surface area contributed by atoms with Crippen molar-refractivity contribution >= 4 is 5.57 Å². The molecule has 102 valence electrons. The first kappa shape index (κ1) is 13.9. The van der Waals surface area contributed by atoms with Crippen molar-refractivity contribution in [2.75, 3.05) is 14.2 Å². The Morgan fingerprint density at radius 3 is 2.25 bits per heavy atom. The highest BCUT2D eigenvalue weighted by atomic mass is 16.5. The largest absolute Gasteiger partial charge is 0.497 e. The molecule has 0 atom stereocenters. The average Bonchev–Trinajstić information content (AvgIpc) is 2.48. The first-order valence-corrected chi connectivity index (χ1v) is 6.32. The van der Waals surface area contributed by atoms with Crippen LogP contribution in [0, 0.1) is 13.3 Å². The van der Waals surface area contributed by atoms with Gasteiger partial charge >= 0.3 is 0 Å². The van der Waals surface area contributed by atoms with E-state index in [1.54, 1.807) is 14.2 Å². The number of benzene rings is 1. The van der Waals surface area contributed by atoms with Gasteiger partial charge in [0, 0.05) is 23.6 Å². The van der Waals surface area contributed by atoms with Crippen LogP contribution in [0.25, 0.3) is 5.57 Å². The zero-order valence-electron chi connectivity index (χ0n) is 11.8. The van der Waals surface area contributed by atoms with Crippen molar-refractivity contribution in [3.8, 4) is 5.75 Å². The van der Waals surface area contributed by atoms with Crippen molar-refractivity contribution in [1.82, 2.24) is 0 Å². The van der Waals surface area contributed by atoms with Gasteiger partial charge in [-0.05, 0) is 24.3 Å². The van der Waals surface area contributed by atoms with Crippen molar-refractivity contribution in [1.29, 1.82) is 0 Å². The molecule has 0 bridgehead atoms. The van der Waals surface area contributed by atoms with E-state index < -0.39 is 0 Å². The van der Waals surface area contributed by atoms with Gasteiger partial charge < -0.3 is 9.47 Å². The quantitative estimate of drug-likeness (QED) is 0.762. The van der Waals surface area contributed by atoms with Crippen LogP contribution in [0.3, 0.4) is 0 Å². The van der Waals surface area contributed by atoms with Gasteiger partial charge in [0.2, 0.25) is 0 Å². The molecule has 0 aromatic heterocycles. The average molecular weight is 266 g/mol. The molecule has 0 amide bonds. The summed E-state index contributed by atoms with van der Waals surface area (Å²) in [4.78, 5) is 0. The SMILES string of the molecule is C=C([CH2-])C(=C1C=CC(OC)=C[CH+]1)c1ccc(OC)cc1. The maximum absolute atomic E-state index is 5.18. The van der Waals surface area contributed by atoms with E-state index in [9.17, 15) is 0 Å². The lowest BCUT2D eigenvalue weighted by atomic mass is 9.91. The second-order valence-electron chi connectivity index (χ2n) is 4.44. The lowest BCUT2D eigenvalue weighted by Crippen LogP contribution is -1.97. The number of ether oxygens (including phenoxy) is 2. The zero-order valence-corrected chi connectivity index (χ0v) is 11.8. The molecule has 0 N–H and O–H groups in total. The molecular formula is C18H18O2. The van der Waals surface area contributed by atoms with Crippen LogP contribution < -0.4 is 4.74 Å². The van der Waals surface area contributed by atoms with E-state index in [-0.39, 0.29) is 0 Å². The molecule has 20 heavy (non-hydrogen) atoms. The third kappa shape index (κ3) is 2.91. The van der Waals surface area contributed by atoms with Gasteiger partial charge in [0.15, 0.2) is 5.76 Å². The molecule has 0 fully saturated rings. The van der Waals surface area contributed by atoms with E-state index in [2.05, 4.69) is 13.5 Å². The van der Waals surface area contributed by atoms with Gasteiger partial charge in [-0.1, -0.05) is 5.57 Å². The van der Waals surface area contributed by atoms with E-state index in [1.165, 1.54) is 0 Å². The Bertz CT molecular complexity index is 586. The Balaban J connectivity index is 2.39. The molecule has 2 nitrogen and oxygen atoms in total. The summed E-state index contributed by atoms with van der Waals surface area (Å²) in [6.07, 6.45) is 7.88. The van der Waals surface area contributed by atoms with Crippen LogP contribution >= 0.6 is 0 Å². The normalized spacial score (nSPS) is 16.0. The van der Waals surface area contributed by atoms with Crippen LogP contribution in [0.5, 0.6) is 5.75 Å².